The molecule has 0 aromatic carbocycles. The van der Waals surface area contributed by atoms with Crippen LogP contribution in [-0.2, 0) is 6.42 Å². The summed E-state index contributed by atoms with van der Waals surface area (Å²) in [5.74, 6) is 0. The number of halogens is 1. The highest BCUT2D eigenvalue weighted by Crippen LogP contribution is 2.31. The molecule has 0 bridgehead atoms. The van der Waals surface area contributed by atoms with Gasteiger partial charge < -0.3 is 10.7 Å². The van der Waals surface area contributed by atoms with E-state index in [9.17, 15) is 0 Å². The van der Waals surface area contributed by atoms with Gasteiger partial charge in [0.2, 0.25) is 0 Å². The zero-order valence-electron chi connectivity index (χ0n) is 7.46. The second-order valence-corrected chi connectivity index (χ2v) is 5.19. The third-order valence-electron chi connectivity index (χ3n) is 1.88. The van der Waals surface area contributed by atoms with Crippen molar-refractivity contribution in [3.8, 4) is 10.6 Å². The summed E-state index contributed by atoms with van der Waals surface area (Å²) in [6, 6.07) is 2.01. The molecule has 0 unspecified atom stereocenters. The lowest BCUT2D eigenvalue weighted by Crippen LogP contribution is -2.03. The highest BCUT2D eigenvalue weighted by atomic mass is 79.9. The van der Waals surface area contributed by atoms with Crippen LogP contribution < -0.4 is 5.73 Å². The van der Waals surface area contributed by atoms with Crippen molar-refractivity contribution in [2.45, 2.75) is 6.42 Å². The van der Waals surface area contributed by atoms with Gasteiger partial charge in [-0.15, -0.1) is 11.3 Å². The highest BCUT2D eigenvalue weighted by molar-refractivity contribution is 9.11. The number of thiazole rings is 1. The Kier molecular flexibility index (Phi) is 3.00. The predicted molar refractivity (Wildman–Crippen MR) is 62.4 cm³/mol. The van der Waals surface area contributed by atoms with Gasteiger partial charge in [0.25, 0.3) is 0 Å². The summed E-state index contributed by atoms with van der Waals surface area (Å²) in [7, 11) is 0. The molecule has 14 heavy (non-hydrogen) atoms. The first-order valence-electron chi connectivity index (χ1n) is 4.29. The first kappa shape index (κ1) is 9.89. The topological polar surface area (TPSA) is 54.7 Å². The Morgan fingerprint density at radius 1 is 1.57 bits per heavy atom. The molecular formula is C9H10BrN3S. The second kappa shape index (κ2) is 4.25. The van der Waals surface area contributed by atoms with Crippen LogP contribution in [0.5, 0.6) is 0 Å². The van der Waals surface area contributed by atoms with Crippen molar-refractivity contribution in [2.24, 2.45) is 5.73 Å². The summed E-state index contributed by atoms with van der Waals surface area (Å²) < 4.78 is 1.08. The average molecular weight is 272 g/mol. The molecule has 2 rings (SSSR count). The molecule has 0 aliphatic rings. The normalized spacial score (nSPS) is 10.7. The van der Waals surface area contributed by atoms with Crippen LogP contribution >= 0.6 is 27.3 Å². The maximum Gasteiger partial charge on any atom is 0.126 e. The van der Waals surface area contributed by atoms with E-state index in [0.29, 0.717) is 6.54 Å². The van der Waals surface area contributed by atoms with Gasteiger partial charge in [-0.05, 0) is 28.5 Å². The monoisotopic (exact) mass is 271 g/mol. The molecule has 0 spiro atoms. The molecule has 74 valence electrons. The van der Waals surface area contributed by atoms with Crippen molar-refractivity contribution in [1.29, 1.82) is 0 Å². The molecule has 0 saturated heterocycles. The first-order chi connectivity index (χ1) is 6.81. The fourth-order valence-electron chi connectivity index (χ4n) is 1.20. The van der Waals surface area contributed by atoms with Crippen LogP contribution in [-0.4, -0.2) is 16.5 Å². The quantitative estimate of drug-likeness (QED) is 0.901. The molecule has 0 aliphatic heterocycles. The summed E-state index contributed by atoms with van der Waals surface area (Å²) >= 11 is 5.14. The standard InChI is InChI=1S/C9H10BrN3S/c10-8-7(1-3-11)13-9(14-8)6-2-4-12-5-6/h2,4-5,12H,1,3,11H2. The lowest BCUT2D eigenvalue weighted by atomic mass is 10.3. The largest absolute Gasteiger partial charge is 0.367 e. The van der Waals surface area contributed by atoms with Gasteiger partial charge in [-0.1, -0.05) is 0 Å². The van der Waals surface area contributed by atoms with Crippen LogP contribution in [0, 0.1) is 0 Å². The third-order valence-corrected chi connectivity index (χ3v) is 3.75. The van der Waals surface area contributed by atoms with E-state index >= 15 is 0 Å². The number of nitrogens with two attached hydrogens (primary N) is 1. The van der Waals surface area contributed by atoms with Gasteiger partial charge in [0, 0.05) is 24.4 Å². The van der Waals surface area contributed by atoms with Gasteiger partial charge in [-0.25, -0.2) is 4.98 Å². The van der Waals surface area contributed by atoms with Crippen LogP contribution in [0.2, 0.25) is 0 Å². The second-order valence-electron chi connectivity index (χ2n) is 2.88. The maximum absolute atomic E-state index is 5.49. The van der Waals surface area contributed by atoms with Crippen LogP contribution in [0.15, 0.2) is 22.2 Å². The molecule has 5 heteroatoms. The maximum atomic E-state index is 5.49. The zero-order valence-corrected chi connectivity index (χ0v) is 9.86. The van der Waals surface area contributed by atoms with E-state index in [2.05, 4.69) is 25.9 Å². The summed E-state index contributed by atoms with van der Waals surface area (Å²) in [5.41, 5.74) is 7.67. The molecule has 3 nitrogen and oxygen atoms in total. The van der Waals surface area contributed by atoms with Crippen LogP contribution in [0.3, 0.4) is 0 Å². The summed E-state index contributed by atoms with van der Waals surface area (Å²) in [5, 5.41) is 1.03. The van der Waals surface area contributed by atoms with Crippen molar-refractivity contribution in [3.05, 3.63) is 27.9 Å². The lowest BCUT2D eigenvalue weighted by Gasteiger charge is -1.90. The molecule has 0 amide bonds. The van der Waals surface area contributed by atoms with Gasteiger partial charge in [0.05, 0.1) is 9.48 Å². The van der Waals surface area contributed by atoms with Crippen molar-refractivity contribution in [3.63, 3.8) is 0 Å². The van der Waals surface area contributed by atoms with Crippen molar-refractivity contribution < 1.29 is 0 Å². The smallest absolute Gasteiger partial charge is 0.126 e. The Labute approximate surface area is 94.5 Å². The zero-order chi connectivity index (χ0) is 9.97. The van der Waals surface area contributed by atoms with Crippen LogP contribution in [0.25, 0.3) is 10.6 Å². The molecule has 2 aromatic rings. The Hall–Kier alpha value is -0.650. The number of H-pyrrole nitrogens is 1. The Morgan fingerprint density at radius 2 is 2.43 bits per heavy atom. The van der Waals surface area contributed by atoms with Gasteiger partial charge in [-0.3, -0.25) is 0 Å². The van der Waals surface area contributed by atoms with E-state index in [0.717, 1.165) is 26.5 Å². The number of nitrogens with zero attached hydrogens (tertiary/aromatic N) is 1. The third kappa shape index (κ3) is 1.89. The number of aromatic amines is 1. The molecule has 3 N–H and O–H groups in total. The predicted octanol–water partition coefficient (Wildman–Crippen LogP) is 2.40. The molecule has 2 aromatic heterocycles. The highest BCUT2D eigenvalue weighted by Gasteiger charge is 2.09. The molecular weight excluding hydrogens is 262 g/mol. The summed E-state index contributed by atoms with van der Waals surface area (Å²) in [6.07, 6.45) is 4.66. The Balaban J connectivity index is 2.33. The Bertz CT molecular complexity index is 408. The van der Waals surface area contributed by atoms with E-state index in [1.54, 1.807) is 11.3 Å². The average Bonchev–Trinajstić information content (AvgIpc) is 2.76. The number of nitrogens with one attached hydrogen (secondary N) is 1. The number of aromatic nitrogens is 2. The number of rotatable bonds is 3. The van der Waals surface area contributed by atoms with Gasteiger partial charge in [-0.2, -0.15) is 0 Å². The molecule has 0 fully saturated rings. The molecule has 0 aliphatic carbocycles. The van der Waals surface area contributed by atoms with E-state index in [4.69, 9.17) is 5.73 Å². The van der Waals surface area contributed by atoms with E-state index < -0.39 is 0 Å². The summed E-state index contributed by atoms with van der Waals surface area (Å²) in [4.78, 5) is 7.53. The van der Waals surface area contributed by atoms with E-state index in [1.807, 2.05) is 18.5 Å². The minimum absolute atomic E-state index is 0.634. The van der Waals surface area contributed by atoms with Crippen molar-refractivity contribution >= 4 is 27.3 Å². The first-order valence-corrected chi connectivity index (χ1v) is 5.90. The molecule has 0 radical (unpaired) electrons. The van der Waals surface area contributed by atoms with Crippen LogP contribution in [0.1, 0.15) is 5.69 Å². The molecule has 2 heterocycles. The van der Waals surface area contributed by atoms with E-state index in [1.165, 1.54) is 0 Å². The minimum atomic E-state index is 0.634. The van der Waals surface area contributed by atoms with Gasteiger partial charge >= 0.3 is 0 Å². The number of hydrogen-bond donors (Lipinski definition) is 2. The van der Waals surface area contributed by atoms with E-state index in [-0.39, 0.29) is 0 Å². The summed E-state index contributed by atoms with van der Waals surface area (Å²) in [6.45, 7) is 0.634. The lowest BCUT2D eigenvalue weighted by molar-refractivity contribution is 0.932. The minimum Gasteiger partial charge on any atom is -0.367 e. The Morgan fingerprint density at radius 3 is 3.07 bits per heavy atom. The van der Waals surface area contributed by atoms with Gasteiger partial charge in [0.15, 0.2) is 0 Å². The van der Waals surface area contributed by atoms with Crippen molar-refractivity contribution in [1.82, 2.24) is 9.97 Å². The molecule has 0 atom stereocenters. The fourth-order valence-corrected chi connectivity index (χ4v) is 2.79. The van der Waals surface area contributed by atoms with Crippen LogP contribution in [0.4, 0.5) is 0 Å². The SMILES string of the molecule is NCCc1nc(-c2cc[nH]c2)sc1Br. The number of hydrogen-bond acceptors (Lipinski definition) is 3. The molecule has 0 saturated carbocycles. The van der Waals surface area contributed by atoms with Gasteiger partial charge in [0.1, 0.15) is 5.01 Å². The van der Waals surface area contributed by atoms with Crippen molar-refractivity contribution in [2.75, 3.05) is 6.54 Å². The fraction of sp³-hybridized carbons (Fsp3) is 0.222.